The molecule has 0 fully saturated rings. The molecule has 0 radical (unpaired) electrons. The summed E-state index contributed by atoms with van der Waals surface area (Å²) in [7, 11) is -1.88. The zero-order valence-electron chi connectivity index (χ0n) is 16.2. The molecule has 0 spiro atoms. The average molecular weight is 443 g/mol. The van der Waals surface area contributed by atoms with Gasteiger partial charge in [-0.1, -0.05) is 23.5 Å². The van der Waals surface area contributed by atoms with Crippen LogP contribution in [-0.2, 0) is 16.4 Å². The van der Waals surface area contributed by atoms with Gasteiger partial charge in [-0.05, 0) is 42.5 Å². The lowest BCUT2D eigenvalue weighted by atomic mass is 10.2. The minimum Gasteiger partial charge on any atom is -0.494 e. The van der Waals surface area contributed by atoms with Crippen molar-refractivity contribution in [1.29, 1.82) is 0 Å². The number of nitrogens with zero attached hydrogens (tertiary/aromatic N) is 2. The minimum atomic E-state index is -3.45. The Kier molecular flexibility index (Phi) is 5.31. The normalized spacial score (nSPS) is 11.5. The lowest BCUT2D eigenvalue weighted by Crippen LogP contribution is -2.30. The number of carbonyl (C=O) groups excluding carboxylic acids is 1. The summed E-state index contributed by atoms with van der Waals surface area (Å²) in [6.45, 7) is 0.150. The highest BCUT2D eigenvalue weighted by atomic mass is 32.2. The molecule has 7 nitrogen and oxygen atoms in total. The Hall–Kier alpha value is -3.17. The average Bonchev–Trinajstić information content (AvgIpc) is 3.40. The zero-order valence-corrected chi connectivity index (χ0v) is 17.9. The van der Waals surface area contributed by atoms with Crippen LogP contribution in [0.25, 0.3) is 10.2 Å². The van der Waals surface area contributed by atoms with Gasteiger partial charge >= 0.3 is 0 Å². The van der Waals surface area contributed by atoms with Crippen LogP contribution in [0.15, 0.2) is 70.2 Å². The molecule has 2 heterocycles. The van der Waals surface area contributed by atoms with E-state index >= 15 is 0 Å². The largest absolute Gasteiger partial charge is 0.494 e. The highest BCUT2D eigenvalue weighted by molar-refractivity contribution is 7.90. The number of anilines is 1. The van der Waals surface area contributed by atoms with E-state index in [1.807, 2.05) is 12.1 Å². The van der Waals surface area contributed by atoms with Gasteiger partial charge in [0.15, 0.2) is 15.0 Å². The van der Waals surface area contributed by atoms with Crippen molar-refractivity contribution in [2.45, 2.75) is 11.4 Å². The number of rotatable bonds is 6. The fourth-order valence-electron chi connectivity index (χ4n) is 2.99. The number of fused-ring (bicyclic) bond motifs is 1. The molecule has 9 heteroatoms. The second-order valence-electron chi connectivity index (χ2n) is 6.57. The van der Waals surface area contributed by atoms with Crippen molar-refractivity contribution < 1.29 is 22.4 Å². The van der Waals surface area contributed by atoms with Gasteiger partial charge in [-0.3, -0.25) is 9.69 Å². The van der Waals surface area contributed by atoms with Crippen LogP contribution in [-0.4, -0.2) is 32.7 Å². The van der Waals surface area contributed by atoms with Crippen LogP contribution in [0, 0.1) is 0 Å². The van der Waals surface area contributed by atoms with E-state index in [2.05, 4.69) is 4.98 Å². The molecular formula is C21H18N2O5S2. The molecule has 30 heavy (non-hydrogen) atoms. The van der Waals surface area contributed by atoms with E-state index in [0.29, 0.717) is 22.2 Å². The highest BCUT2D eigenvalue weighted by Crippen LogP contribution is 2.35. The summed E-state index contributed by atoms with van der Waals surface area (Å²) in [4.78, 5) is 19.6. The Bertz CT molecular complexity index is 1310. The Labute approximate surface area is 177 Å². The number of hydrogen-bond donors (Lipinski definition) is 0. The van der Waals surface area contributed by atoms with Gasteiger partial charge in [0.25, 0.3) is 5.91 Å². The van der Waals surface area contributed by atoms with E-state index in [1.54, 1.807) is 37.4 Å². The molecule has 0 saturated carbocycles. The van der Waals surface area contributed by atoms with Gasteiger partial charge in [-0.25, -0.2) is 13.4 Å². The third-order valence-corrected chi connectivity index (χ3v) is 6.62. The maximum absolute atomic E-state index is 13.4. The zero-order chi connectivity index (χ0) is 21.3. The van der Waals surface area contributed by atoms with E-state index in [9.17, 15) is 13.2 Å². The Morgan fingerprint density at radius 1 is 1.17 bits per heavy atom. The van der Waals surface area contributed by atoms with Crippen molar-refractivity contribution in [1.82, 2.24) is 4.98 Å². The van der Waals surface area contributed by atoms with Crippen molar-refractivity contribution >= 4 is 42.4 Å². The molecule has 0 aliphatic rings. The summed E-state index contributed by atoms with van der Waals surface area (Å²) in [5, 5.41) is 0.459. The molecule has 4 rings (SSSR count). The number of aromatic nitrogens is 1. The minimum absolute atomic E-state index is 0.0808. The predicted molar refractivity (Wildman–Crippen MR) is 115 cm³/mol. The van der Waals surface area contributed by atoms with Crippen molar-refractivity contribution in [3.8, 4) is 5.75 Å². The quantitative estimate of drug-likeness (QED) is 0.446. The van der Waals surface area contributed by atoms with E-state index < -0.39 is 9.84 Å². The molecule has 0 aliphatic heterocycles. The smallest absolute Gasteiger partial charge is 0.260 e. The van der Waals surface area contributed by atoms with Gasteiger partial charge in [0.2, 0.25) is 0 Å². The number of methoxy groups -OCH3 is 1. The molecule has 0 atom stereocenters. The maximum atomic E-state index is 13.4. The predicted octanol–water partition coefficient (Wildman–Crippen LogP) is 4.15. The summed E-state index contributed by atoms with van der Waals surface area (Å²) in [6, 6.07) is 15.0. The van der Waals surface area contributed by atoms with Crippen LogP contribution in [0.2, 0.25) is 0 Å². The fourth-order valence-corrected chi connectivity index (χ4v) is 4.64. The van der Waals surface area contributed by atoms with Crippen molar-refractivity contribution in [3.63, 3.8) is 0 Å². The standard InChI is InChI=1S/C21H18N2O5S2/c1-27-17-9-4-10-18-19(17)22-21(29-18)23(13-15-7-5-11-28-15)20(24)14-6-3-8-16(12-14)30(2,25)26/h3-12H,13H2,1-2H3. The van der Waals surface area contributed by atoms with E-state index in [-0.39, 0.29) is 22.9 Å². The Morgan fingerprint density at radius 2 is 1.97 bits per heavy atom. The first-order valence-corrected chi connectivity index (χ1v) is 11.7. The molecule has 0 saturated heterocycles. The second-order valence-corrected chi connectivity index (χ2v) is 9.60. The van der Waals surface area contributed by atoms with Crippen LogP contribution in [0.4, 0.5) is 5.13 Å². The van der Waals surface area contributed by atoms with E-state index in [4.69, 9.17) is 9.15 Å². The molecule has 2 aromatic carbocycles. The van der Waals surface area contributed by atoms with Gasteiger partial charge < -0.3 is 9.15 Å². The van der Waals surface area contributed by atoms with Crippen LogP contribution >= 0.6 is 11.3 Å². The Balaban J connectivity index is 1.80. The second kappa shape index (κ2) is 7.92. The third-order valence-electron chi connectivity index (χ3n) is 4.47. The van der Waals surface area contributed by atoms with Gasteiger partial charge in [0.1, 0.15) is 17.0 Å². The van der Waals surface area contributed by atoms with E-state index in [1.165, 1.54) is 34.6 Å². The summed E-state index contributed by atoms with van der Waals surface area (Å²) >= 11 is 1.34. The third kappa shape index (κ3) is 3.94. The topological polar surface area (TPSA) is 89.7 Å². The molecule has 0 unspecified atom stereocenters. The number of para-hydroxylation sites is 1. The first-order chi connectivity index (χ1) is 14.4. The van der Waals surface area contributed by atoms with Crippen molar-refractivity contribution in [2.24, 2.45) is 0 Å². The van der Waals surface area contributed by atoms with Crippen LogP contribution in [0.5, 0.6) is 5.75 Å². The van der Waals surface area contributed by atoms with Gasteiger partial charge in [-0.2, -0.15) is 0 Å². The number of sulfone groups is 1. The van der Waals surface area contributed by atoms with Gasteiger partial charge in [0, 0.05) is 11.8 Å². The summed E-state index contributed by atoms with van der Waals surface area (Å²) in [5.74, 6) is 0.809. The van der Waals surface area contributed by atoms with Gasteiger partial charge in [-0.15, -0.1) is 0 Å². The lowest BCUT2D eigenvalue weighted by molar-refractivity contribution is 0.0983. The molecule has 0 bridgehead atoms. The monoisotopic (exact) mass is 442 g/mol. The molecule has 1 amide bonds. The molecule has 154 valence electrons. The number of benzene rings is 2. The molecule has 2 aromatic heterocycles. The summed E-state index contributed by atoms with van der Waals surface area (Å²) in [6.07, 6.45) is 2.64. The highest BCUT2D eigenvalue weighted by Gasteiger charge is 2.24. The lowest BCUT2D eigenvalue weighted by Gasteiger charge is -2.19. The first-order valence-electron chi connectivity index (χ1n) is 8.95. The first kappa shape index (κ1) is 20.1. The summed E-state index contributed by atoms with van der Waals surface area (Å²) in [5.41, 5.74) is 0.901. The van der Waals surface area contributed by atoms with Crippen LogP contribution in [0.3, 0.4) is 0 Å². The number of carbonyl (C=O) groups is 1. The van der Waals surface area contributed by atoms with Crippen molar-refractivity contribution in [3.05, 3.63) is 72.2 Å². The fraction of sp³-hybridized carbons (Fsp3) is 0.143. The molecule has 0 aliphatic carbocycles. The molecule has 0 N–H and O–H groups in total. The maximum Gasteiger partial charge on any atom is 0.260 e. The summed E-state index contributed by atoms with van der Waals surface area (Å²) < 4.78 is 35.5. The van der Waals surface area contributed by atoms with Crippen molar-refractivity contribution in [2.75, 3.05) is 18.3 Å². The number of furan rings is 1. The van der Waals surface area contributed by atoms with E-state index in [0.717, 1.165) is 11.0 Å². The van der Waals surface area contributed by atoms with Crippen LogP contribution < -0.4 is 9.64 Å². The van der Waals surface area contributed by atoms with Gasteiger partial charge in [0.05, 0.1) is 29.5 Å². The SMILES string of the molecule is COc1cccc2sc(N(Cc3ccco3)C(=O)c3cccc(S(C)(=O)=O)c3)nc12. The Morgan fingerprint density at radius 3 is 2.67 bits per heavy atom. The molecule has 4 aromatic rings. The number of amides is 1. The number of ether oxygens (including phenoxy) is 1. The molecular weight excluding hydrogens is 424 g/mol. The number of thiazole rings is 1. The van der Waals surface area contributed by atoms with Crippen LogP contribution in [0.1, 0.15) is 16.1 Å². The number of hydrogen-bond acceptors (Lipinski definition) is 7.